The number of aliphatic carboxylic acids is 1. The van der Waals surface area contributed by atoms with Crippen molar-refractivity contribution in [2.24, 2.45) is 15.0 Å². The van der Waals surface area contributed by atoms with Crippen molar-refractivity contribution >= 4 is 150 Å². The molecule has 0 saturated carbocycles. The third-order valence-corrected chi connectivity index (χ3v) is 12.8. The fourth-order valence-electron chi connectivity index (χ4n) is 7.43. The summed E-state index contributed by atoms with van der Waals surface area (Å²) in [5.41, 5.74) is -3.87. The fraction of sp³-hybridized carbons (Fsp3) is 0.132. The lowest BCUT2D eigenvalue weighted by molar-refractivity contribution is -0.141. The number of carboxylic acids is 1. The summed E-state index contributed by atoms with van der Waals surface area (Å²) in [6.45, 7) is 1.08. The summed E-state index contributed by atoms with van der Waals surface area (Å²) in [6, 6.07) is 13.6. The van der Waals surface area contributed by atoms with Gasteiger partial charge in [0, 0.05) is 23.1 Å². The molecule has 0 saturated heterocycles. The highest BCUT2D eigenvalue weighted by Crippen LogP contribution is 2.37. The Hall–Kier alpha value is -8.14. The van der Waals surface area contributed by atoms with Crippen LogP contribution in [-0.4, -0.2) is 94.9 Å². The van der Waals surface area contributed by atoms with Crippen LogP contribution in [0.5, 0.6) is 17.2 Å². The number of methoxy groups -OCH3 is 3. The van der Waals surface area contributed by atoms with Crippen molar-refractivity contribution in [3.05, 3.63) is 190 Å². The minimum absolute atomic E-state index is 0. The van der Waals surface area contributed by atoms with Crippen LogP contribution < -0.4 is 30.3 Å². The maximum atomic E-state index is 13.0. The first-order valence-corrected chi connectivity index (χ1v) is 25.8. The Morgan fingerprint density at radius 2 is 0.618 bits per heavy atom. The second kappa shape index (κ2) is 29.5. The predicted molar refractivity (Wildman–Crippen MR) is 313 cm³/mol. The number of hydrogen-bond donors (Lipinski definition) is 4. The standard InChI is InChI=1S/3C17H10Cl2F3N3O3.C2H4O2.HI/c3*1-28-12-4-2-9(8-3-5-13(17(20,21)22)23-14(8)12)16(26)24-15-10(18)6-25(27)7-11(15)19;1-2(3)4;/h3*2-7,27H,1H3;1H3,(H,3,4);1H. The van der Waals surface area contributed by atoms with Gasteiger partial charge in [-0.1, -0.05) is 69.6 Å². The van der Waals surface area contributed by atoms with Crippen molar-refractivity contribution in [2.75, 3.05) is 21.3 Å². The Morgan fingerprint density at radius 1 is 0.416 bits per heavy atom. The van der Waals surface area contributed by atoms with Crippen LogP contribution in [0.2, 0.25) is 30.1 Å². The number of halogens is 16. The number of alkyl halides is 9. The molecule has 3 amide bonds. The number of rotatable bonds is 6. The number of amides is 3. The maximum Gasteiger partial charge on any atom is 0.433 e. The van der Waals surface area contributed by atoms with E-state index in [4.69, 9.17) is 93.7 Å². The molecule has 6 heterocycles. The van der Waals surface area contributed by atoms with E-state index in [1.54, 1.807) is 0 Å². The molecular formula is C53H35Cl6F9IN9O11. The van der Waals surface area contributed by atoms with E-state index in [0.29, 0.717) is 14.2 Å². The zero-order chi connectivity index (χ0) is 65.5. The molecule has 0 fully saturated rings. The Bertz CT molecular complexity index is 3960. The van der Waals surface area contributed by atoms with E-state index in [2.05, 4.69) is 29.9 Å². The predicted octanol–water partition coefficient (Wildman–Crippen LogP) is 13.8. The molecular weight excluding hydrogens is 1450 g/mol. The van der Waals surface area contributed by atoms with Crippen LogP contribution in [0.4, 0.5) is 39.5 Å². The van der Waals surface area contributed by atoms with Crippen LogP contribution in [-0.2, 0) is 23.3 Å². The molecule has 0 bridgehead atoms. The highest BCUT2D eigenvalue weighted by atomic mass is 127. The van der Waals surface area contributed by atoms with Gasteiger partial charge in [-0.05, 0) is 72.8 Å². The molecule has 0 aliphatic heterocycles. The molecule has 9 rings (SSSR count). The Balaban J connectivity index is 0.000000234. The van der Waals surface area contributed by atoms with E-state index in [-0.39, 0.29) is 137 Å². The molecule has 3 aromatic carbocycles. The highest BCUT2D eigenvalue weighted by Gasteiger charge is 2.35. The van der Waals surface area contributed by atoms with Gasteiger partial charge >= 0.3 is 18.5 Å². The molecule has 0 aliphatic carbocycles. The molecule has 0 radical (unpaired) electrons. The lowest BCUT2D eigenvalue weighted by atomic mass is 10.1. The van der Waals surface area contributed by atoms with Gasteiger partial charge in [0.1, 0.15) is 67.0 Å². The van der Waals surface area contributed by atoms with Gasteiger partial charge < -0.3 is 34.9 Å². The topological polar surface area (TPSA) is 267 Å². The number of carbonyl (C=O) groups excluding carboxylic acids is 3. The molecule has 89 heavy (non-hydrogen) atoms. The molecule has 6 aromatic heterocycles. The number of carbonyl (C=O) groups is 4. The van der Waals surface area contributed by atoms with Gasteiger partial charge in [0.25, 0.3) is 23.7 Å². The number of pyridine rings is 6. The summed E-state index contributed by atoms with van der Waals surface area (Å²) < 4.78 is 134. The van der Waals surface area contributed by atoms with Gasteiger partial charge in [-0.25, -0.2) is 29.9 Å². The monoisotopic (exact) mass is 1480 g/mol. The molecule has 20 nitrogen and oxygen atoms in total. The van der Waals surface area contributed by atoms with E-state index < -0.39 is 59.3 Å². The number of carboxylic acid groups (broad SMARTS) is 1. The smallest absolute Gasteiger partial charge is 0.433 e. The van der Waals surface area contributed by atoms with Gasteiger partial charge in [-0.15, -0.1) is 24.0 Å². The maximum absolute atomic E-state index is 13.0. The van der Waals surface area contributed by atoms with E-state index in [1.807, 2.05) is 0 Å². The third kappa shape index (κ3) is 17.6. The van der Waals surface area contributed by atoms with Crippen LogP contribution in [0.3, 0.4) is 0 Å². The average Bonchev–Trinajstić information content (AvgIpc) is 1.46. The highest BCUT2D eigenvalue weighted by molar-refractivity contribution is 14.0. The van der Waals surface area contributed by atoms with Crippen molar-refractivity contribution in [1.29, 1.82) is 0 Å². The minimum atomic E-state index is -4.66. The van der Waals surface area contributed by atoms with Gasteiger partial charge in [0.05, 0.1) is 105 Å². The number of fused-ring (bicyclic) bond motifs is 3. The van der Waals surface area contributed by atoms with Crippen molar-refractivity contribution in [2.45, 2.75) is 25.5 Å². The molecule has 9 aromatic rings. The first kappa shape index (κ1) is 71.6. The lowest BCUT2D eigenvalue weighted by Gasteiger charge is -2.11. The largest absolute Gasteiger partial charge is 0.494 e. The van der Waals surface area contributed by atoms with Gasteiger partial charge in [0.2, 0.25) is 0 Å². The molecule has 36 heteroatoms. The SMILES string of the molecule is CC(=O)O.COc1ccc(C(=O)N=c2c(Cl)cn(O)cc2Cl)c2ccc(C(F)(F)F)nc12.COc1ccc(C(=O)N=c2c(Cl)cn(O)cc2Cl)c2ccc(C(F)(F)F)nc12.COc1ccc(C(=O)N=c2c(Cl)cn(O)cc2Cl)c2ccc(C(F)(F)F)nc12.I. The number of nitrogens with zero attached hydrogens (tertiary/aromatic N) is 9. The van der Waals surface area contributed by atoms with Gasteiger partial charge in [-0.3, -0.25) is 19.2 Å². The lowest BCUT2D eigenvalue weighted by Crippen LogP contribution is -2.13. The van der Waals surface area contributed by atoms with Crippen LogP contribution >= 0.6 is 93.6 Å². The van der Waals surface area contributed by atoms with Crippen molar-refractivity contribution < 1.29 is 93.6 Å². The molecule has 0 unspecified atom stereocenters. The Labute approximate surface area is 538 Å². The summed E-state index contributed by atoms with van der Waals surface area (Å²) in [7, 11) is 3.82. The van der Waals surface area contributed by atoms with Crippen molar-refractivity contribution in [3.8, 4) is 17.2 Å². The van der Waals surface area contributed by atoms with Crippen LogP contribution in [0.25, 0.3) is 32.7 Å². The summed E-state index contributed by atoms with van der Waals surface area (Å²) in [5.74, 6) is -3.07. The summed E-state index contributed by atoms with van der Waals surface area (Å²) in [4.78, 5) is 69.2. The Kier molecular flexibility index (Phi) is 23.7. The minimum Gasteiger partial charge on any atom is -0.494 e. The molecule has 470 valence electrons. The fourth-order valence-corrected chi connectivity index (χ4v) is 9.04. The van der Waals surface area contributed by atoms with E-state index in [1.165, 1.54) is 57.7 Å². The molecule has 0 atom stereocenters. The molecule has 0 aliphatic rings. The normalized spacial score (nSPS) is 11.1. The Morgan fingerprint density at radius 3 is 0.798 bits per heavy atom. The first-order valence-electron chi connectivity index (χ1n) is 23.5. The zero-order valence-electron chi connectivity index (χ0n) is 44.6. The summed E-state index contributed by atoms with van der Waals surface area (Å²) in [5, 5.41) is 35.0. The average molecular weight is 1480 g/mol. The first-order chi connectivity index (χ1) is 41.1. The number of aromatic nitrogens is 6. The van der Waals surface area contributed by atoms with Crippen LogP contribution in [0, 0.1) is 0 Å². The number of benzene rings is 3. The second-order valence-corrected chi connectivity index (χ2v) is 19.5. The van der Waals surface area contributed by atoms with E-state index >= 15 is 0 Å². The van der Waals surface area contributed by atoms with Gasteiger partial charge in [0.15, 0.2) is 0 Å². The molecule has 4 N–H and O–H groups in total. The second-order valence-electron chi connectivity index (χ2n) is 17.0. The van der Waals surface area contributed by atoms with Crippen molar-refractivity contribution in [3.63, 3.8) is 0 Å². The van der Waals surface area contributed by atoms with Crippen molar-refractivity contribution in [1.82, 2.24) is 29.1 Å². The third-order valence-electron chi connectivity index (χ3n) is 11.2. The van der Waals surface area contributed by atoms with E-state index in [0.717, 1.165) is 80.5 Å². The van der Waals surface area contributed by atoms with E-state index in [9.17, 15) is 69.5 Å². The number of hydrogen-bond acceptors (Lipinski definition) is 13. The van der Waals surface area contributed by atoms with Crippen LogP contribution in [0.15, 0.2) is 125 Å². The van der Waals surface area contributed by atoms with Crippen LogP contribution in [0.1, 0.15) is 55.1 Å². The molecule has 0 spiro atoms. The number of ether oxygens (including phenoxy) is 3. The van der Waals surface area contributed by atoms with Gasteiger partial charge in [-0.2, -0.15) is 53.7 Å². The summed E-state index contributed by atoms with van der Waals surface area (Å²) >= 11 is 35.6. The quantitative estimate of drug-likeness (QED) is 0.0685. The zero-order valence-corrected chi connectivity index (χ0v) is 51.5. The summed E-state index contributed by atoms with van der Waals surface area (Å²) in [6.07, 6.45) is -7.54.